The minimum absolute atomic E-state index is 0.0419. The van der Waals surface area contributed by atoms with Crippen molar-refractivity contribution in [1.82, 2.24) is 0 Å². The first-order chi connectivity index (χ1) is 9.51. The number of hydrogen-bond donors (Lipinski definition) is 1. The van der Waals surface area contributed by atoms with Crippen LogP contribution >= 0.6 is 46.1 Å². The lowest BCUT2D eigenvalue weighted by Gasteiger charge is -2.16. The van der Waals surface area contributed by atoms with Gasteiger partial charge in [0.05, 0.1) is 26.3 Å². The molecule has 2 rings (SSSR count). The lowest BCUT2D eigenvalue weighted by molar-refractivity contribution is 0.340. The van der Waals surface area contributed by atoms with E-state index in [1.807, 2.05) is 38.1 Å². The highest BCUT2D eigenvalue weighted by molar-refractivity contribution is 7.20. The Kier molecular flexibility index (Phi) is 5.44. The van der Waals surface area contributed by atoms with Crippen molar-refractivity contribution >= 4 is 51.8 Å². The fourth-order valence-corrected chi connectivity index (χ4v) is 3.72. The predicted molar refractivity (Wildman–Crippen MR) is 89.0 cm³/mol. The Balaban J connectivity index is 2.13. The van der Waals surface area contributed by atoms with Crippen molar-refractivity contribution in [2.75, 3.05) is 11.9 Å². The van der Waals surface area contributed by atoms with Crippen LogP contribution < -0.4 is 10.1 Å². The maximum Gasteiger partial charge on any atom is 0.138 e. The molecule has 0 aliphatic carbocycles. The molecule has 0 fully saturated rings. The predicted octanol–water partition coefficient (Wildman–Crippen LogP) is 6.28. The fraction of sp³-hybridized carbons (Fsp3) is 0.286. The van der Waals surface area contributed by atoms with E-state index in [2.05, 4.69) is 5.32 Å². The molecule has 0 amide bonds. The summed E-state index contributed by atoms with van der Waals surface area (Å²) < 4.78 is 6.79. The normalized spacial score (nSPS) is 12.2. The van der Waals surface area contributed by atoms with Crippen molar-refractivity contribution in [1.29, 1.82) is 0 Å². The molecule has 6 heteroatoms. The molecule has 0 spiro atoms. The summed E-state index contributed by atoms with van der Waals surface area (Å²) in [5.74, 6) is 0.684. The second-order valence-corrected chi connectivity index (χ2v) is 6.92. The van der Waals surface area contributed by atoms with Gasteiger partial charge in [-0.1, -0.05) is 34.8 Å². The van der Waals surface area contributed by atoms with Gasteiger partial charge < -0.3 is 10.1 Å². The number of rotatable bonds is 5. The zero-order valence-electron chi connectivity index (χ0n) is 11.0. The molecule has 0 saturated heterocycles. The van der Waals surface area contributed by atoms with Gasteiger partial charge >= 0.3 is 0 Å². The Morgan fingerprint density at radius 3 is 2.55 bits per heavy atom. The standard InChI is InChI=1S/C14H14Cl3NOS/c1-3-19-12-5-4-9(6-11(12)15)18-8(2)10-7-13(16)20-14(10)17/h4-8,18H,3H2,1-2H3. The molecular formula is C14H14Cl3NOS. The molecule has 1 aromatic heterocycles. The largest absolute Gasteiger partial charge is 0.492 e. The van der Waals surface area contributed by atoms with E-state index in [1.54, 1.807) is 0 Å². The van der Waals surface area contributed by atoms with Crippen molar-refractivity contribution in [2.45, 2.75) is 19.9 Å². The highest BCUT2D eigenvalue weighted by Gasteiger charge is 2.14. The number of anilines is 1. The Hall–Kier alpha value is -0.610. The SMILES string of the molecule is CCOc1ccc(NC(C)c2cc(Cl)sc2Cl)cc1Cl. The van der Waals surface area contributed by atoms with E-state index in [4.69, 9.17) is 39.5 Å². The average molecular weight is 351 g/mol. The van der Waals surface area contributed by atoms with Gasteiger partial charge in [0, 0.05) is 11.3 Å². The molecule has 20 heavy (non-hydrogen) atoms. The van der Waals surface area contributed by atoms with Gasteiger partial charge in [0.15, 0.2) is 0 Å². The molecule has 1 N–H and O–H groups in total. The molecule has 0 radical (unpaired) electrons. The third-order valence-corrected chi connectivity index (χ3v) is 4.58. The maximum atomic E-state index is 6.16. The highest BCUT2D eigenvalue weighted by Crippen LogP contribution is 2.36. The summed E-state index contributed by atoms with van der Waals surface area (Å²) in [6.07, 6.45) is 0. The zero-order chi connectivity index (χ0) is 14.7. The van der Waals surface area contributed by atoms with Gasteiger partial charge in [0.25, 0.3) is 0 Å². The van der Waals surface area contributed by atoms with Crippen LogP contribution in [0.4, 0.5) is 5.69 Å². The van der Waals surface area contributed by atoms with Crippen LogP contribution in [-0.2, 0) is 0 Å². The maximum absolute atomic E-state index is 6.16. The summed E-state index contributed by atoms with van der Waals surface area (Å²) in [5.41, 5.74) is 1.89. The third kappa shape index (κ3) is 3.73. The second kappa shape index (κ2) is 6.90. The molecule has 1 heterocycles. The molecule has 0 aliphatic rings. The van der Waals surface area contributed by atoms with E-state index in [0.29, 0.717) is 26.1 Å². The topological polar surface area (TPSA) is 21.3 Å². The van der Waals surface area contributed by atoms with Crippen LogP contribution in [0.3, 0.4) is 0 Å². The summed E-state index contributed by atoms with van der Waals surface area (Å²) in [6.45, 7) is 4.54. The highest BCUT2D eigenvalue weighted by atomic mass is 35.5. The first-order valence-corrected chi connectivity index (χ1v) is 8.10. The van der Waals surface area contributed by atoms with E-state index in [9.17, 15) is 0 Å². The number of ether oxygens (including phenoxy) is 1. The van der Waals surface area contributed by atoms with Crippen LogP contribution in [0.25, 0.3) is 0 Å². The van der Waals surface area contributed by atoms with E-state index in [1.165, 1.54) is 11.3 Å². The smallest absolute Gasteiger partial charge is 0.138 e. The van der Waals surface area contributed by atoms with E-state index in [0.717, 1.165) is 11.3 Å². The second-order valence-electron chi connectivity index (χ2n) is 4.22. The fourth-order valence-electron chi connectivity index (χ4n) is 1.84. The minimum Gasteiger partial charge on any atom is -0.492 e. The third-order valence-electron chi connectivity index (χ3n) is 2.76. The van der Waals surface area contributed by atoms with Crippen molar-refractivity contribution in [3.05, 3.63) is 43.5 Å². The van der Waals surface area contributed by atoms with Crippen LogP contribution in [0.2, 0.25) is 13.7 Å². The summed E-state index contributed by atoms with van der Waals surface area (Å²) in [4.78, 5) is 0. The summed E-state index contributed by atoms with van der Waals surface area (Å²) in [6, 6.07) is 7.53. The van der Waals surface area contributed by atoms with Crippen LogP contribution in [0.1, 0.15) is 25.5 Å². The van der Waals surface area contributed by atoms with Crippen molar-refractivity contribution in [3.8, 4) is 5.75 Å². The van der Waals surface area contributed by atoms with E-state index < -0.39 is 0 Å². The summed E-state index contributed by atoms with van der Waals surface area (Å²) in [5, 5.41) is 3.93. The van der Waals surface area contributed by atoms with Gasteiger partial charge in [-0.25, -0.2) is 0 Å². The van der Waals surface area contributed by atoms with Gasteiger partial charge in [0.2, 0.25) is 0 Å². The molecule has 1 atom stereocenters. The molecule has 0 aliphatic heterocycles. The molecule has 2 aromatic rings. The molecule has 1 unspecified atom stereocenters. The van der Waals surface area contributed by atoms with Crippen molar-refractivity contribution < 1.29 is 4.74 Å². The number of benzene rings is 1. The van der Waals surface area contributed by atoms with Crippen LogP contribution in [0.15, 0.2) is 24.3 Å². The van der Waals surface area contributed by atoms with Crippen molar-refractivity contribution in [2.24, 2.45) is 0 Å². The average Bonchev–Trinajstić information content (AvgIpc) is 2.72. The van der Waals surface area contributed by atoms with E-state index >= 15 is 0 Å². The monoisotopic (exact) mass is 349 g/mol. The number of nitrogens with one attached hydrogen (secondary N) is 1. The summed E-state index contributed by atoms with van der Waals surface area (Å²) in [7, 11) is 0. The van der Waals surface area contributed by atoms with Crippen LogP contribution in [0, 0.1) is 0 Å². The molecule has 0 bridgehead atoms. The van der Waals surface area contributed by atoms with Gasteiger partial charge in [-0.05, 0) is 38.1 Å². The molecule has 1 aromatic carbocycles. The van der Waals surface area contributed by atoms with Crippen molar-refractivity contribution in [3.63, 3.8) is 0 Å². The lowest BCUT2D eigenvalue weighted by atomic mass is 10.1. The van der Waals surface area contributed by atoms with Gasteiger partial charge in [-0.2, -0.15) is 0 Å². The van der Waals surface area contributed by atoms with Crippen LogP contribution in [0.5, 0.6) is 5.75 Å². The quantitative estimate of drug-likeness (QED) is 0.685. The van der Waals surface area contributed by atoms with Gasteiger partial charge in [0.1, 0.15) is 5.75 Å². The van der Waals surface area contributed by atoms with E-state index in [-0.39, 0.29) is 6.04 Å². The Morgan fingerprint density at radius 2 is 2.00 bits per heavy atom. The first kappa shape index (κ1) is 15.8. The Morgan fingerprint density at radius 1 is 1.25 bits per heavy atom. The zero-order valence-corrected chi connectivity index (χ0v) is 14.1. The lowest BCUT2D eigenvalue weighted by Crippen LogP contribution is -2.06. The Labute approximate surface area is 137 Å². The van der Waals surface area contributed by atoms with Gasteiger partial charge in [-0.3, -0.25) is 0 Å². The Bertz CT molecular complexity index is 600. The number of hydrogen-bond acceptors (Lipinski definition) is 3. The molecular weight excluding hydrogens is 337 g/mol. The molecule has 0 saturated carbocycles. The number of thiophene rings is 1. The van der Waals surface area contributed by atoms with Crippen LogP contribution in [-0.4, -0.2) is 6.61 Å². The first-order valence-electron chi connectivity index (χ1n) is 6.15. The number of halogens is 3. The minimum atomic E-state index is 0.0419. The van der Waals surface area contributed by atoms with Gasteiger partial charge in [-0.15, -0.1) is 11.3 Å². The molecule has 2 nitrogen and oxygen atoms in total. The molecule has 108 valence electrons. The summed E-state index contributed by atoms with van der Waals surface area (Å²) >= 11 is 19.6.